The van der Waals surface area contributed by atoms with Crippen LogP contribution in [0.3, 0.4) is 0 Å². The molecule has 0 fully saturated rings. The van der Waals surface area contributed by atoms with E-state index in [0.29, 0.717) is 11.3 Å². The summed E-state index contributed by atoms with van der Waals surface area (Å²) in [6.07, 6.45) is 1.70. The van der Waals surface area contributed by atoms with Crippen LogP contribution in [0.2, 0.25) is 0 Å². The van der Waals surface area contributed by atoms with E-state index in [1.54, 1.807) is 30.1 Å². The van der Waals surface area contributed by atoms with Crippen molar-refractivity contribution in [3.05, 3.63) is 34.4 Å². The maximum atomic E-state index is 9.13. The van der Waals surface area contributed by atoms with Crippen LogP contribution < -0.4 is 4.74 Å². The number of aryl methyl sites for hydroxylation is 1. The quantitative estimate of drug-likeness (QED) is 0.855. The number of hydrogen-bond acceptors (Lipinski definition) is 3. The second kappa shape index (κ2) is 4.60. The monoisotopic (exact) mass is 291 g/mol. The van der Waals surface area contributed by atoms with Gasteiger partial charge in [0.25, 0.3) is 0 Å². The molecule has 4 nitrogen and oxygen atoms in total. The minimum atomic E-state index is 0.593. The molecule has 0 aliphatic rings. The smallest absolute Gasteiger partial charge is 0.119 e. The molecule has 0 aliphatic heterocycles. The van der Waals surface area contributed by atoms with E-state index in [2.05, 4.69) is 27.1 Å². The Morgan fingerprint density at radius 1 is 1.47 bits per heavy atom. The Morgan fingerprint density at radius 2 is 2.24 bits per heavy atom. The normalized spacial score (nSPS) is 10.0. The molecule has 0 N–H and O–H groups in total. The number of methoxy groups -OCH3 is 1. The van der Waals surface area contributed by atoms with E-state index in [1.807, 2.05) is 13.1 Å². The summed E-state index contributed by atoms with van der Waals surface area (Å²) in [7, 11) is 3.43. The lowest BCUT2D eigenvalue weighted by Gasteiger charge is -2.08. The van der Waals surface area contributed by atoms with Gasteiger partial charge in [-0.2, -0.15) is 10.4 Å². The molecule has 0 amide bonds. The minimum absolute atomic E-state index is 0.593. The van der Waals surface area contributed by atoms with Crippen LogP contribution in [0.15, 0.2) is 28.9 Å². The van der Waals surface area contributed by atoms with Gasteiger partial charge in [0.15, 0.2) is 0 Å². The van der Waals surface area contributed by atoms with E-state index in [4.69, 9.17) is 10.00 Å². The summed E-state index contributed by atoms with van der Waals surface area (Å²) in [5, 5.41) is 13.3. The van der Waals surface area contributed by atoms with Gasteiger partial charge in [0.2, 0.25) is 0 Å². The standard InChI is InChI=1S/C12H10BrN3O/c1-16-12(11(13)7-15-16)10-5-9(17-2)4-3-8(10)6-14/h3-5,7H,1-2H3. The molecule has 5 heteroatoms. The Labute approximate surface area is 108 Å². The summed E-state index contributed by atoms with van der Waals surface area (Å²) in [6.45, 7) is 0. The van der Waals surface area contributed by atoms with Crippen molar-refractivity contribution in [2.24, 2.45) is 7.05 Å². The molecule has 1 aromatic carbocycles. The van der Waals surface area contributed by atoms with E-state index < -0.39 is 0 Å². The Morgan fingerprint density at radius 3 is 2.76 bits per heavy atom. The van der Waals surface area contributed by atoms with Crippen LogP contribution in [0, 0.1) is 11.3 Å². The molecule has 1 aromatic heterocycles. The maximum absolute atomic E-state index is 9.13. The fourth-order valence-corrected chi connectivity index (χ4v) is 2.22. The molecule has 86 valence electrons. The summed E-state index contributed by atoms with van der Waals surface area (Å²) in [6, 6.07) is 7.52. The van der Waals surface area contributed by atoms with E-state index in [1.165, 1.54) is 0 Å². The zero-order valence-electron chi connectivity index (χ0n) is 9.44. The zero-order valence-corrected chi connectivity index (χ0v) is 11.0. The van der Waals surface area contributed by atoms with Crippen molar-refractivity contribution in [3.8, 4) is 23.1 Å². The number of benzene rings is 1. The molecule has 0 atom stereocenters. The van der Waals surface area contributed by atoms with Crippen LogP contribution in [0.25, 0.3) is 11.3 Å². The highest BCUT2D eigenvalue weighted by Gasteiger charge is 2.14. The van der Waals surface area contributed by atoms with Crippen LogP contribution in [0.5, 0.6) is 5.75 Å². The molecule has 1 heterocycles. The first-order valence-corrected chi connectivity index (χ1v) is 5.72. The summed E-state index contributed by atoms with van der Waals surface area (Å²) in [5.41, 5.74) is 2.26. The third-order valence-electron chi connectivity index (χ3n) is 2.50. The van der Waals surface area contributed by atoms with Crippen molar-refractivity contribution in [1.82, 2.24) is 9.78 Å². The number of rotatable bonds is 2. The van der Waals surface area contributed by atoms with Crippen molar-refractivity contribution in [2.45, 2.75) is 0 Å². The second-order valence-corrected chi connectivity index (χ2v) is 4.34. The third-order valence-corrected chi connectivity index (χ3v) is 3.08. The molecule has 0 unspecified atom stereocenters. The average Bonchev–Trinajstić information content (AvgIpc) is 2.68. The summed E-state index contributed by atoms with van der Waals surface area (Å²) >= 11 is 3.43. The van der Waals surface area contributed by atoms with E-state index in [-0.39, 0.29) is 0 Å². The van der Waals surface area contributed by atoms with Crippen molar-refractivity contribution >= 4 is 15.9 Å². The Hall–Kier alpha value is -1.80. The molecule has 0 saturated carbocycles. The number of nitriles is 1. The first kappa shape index (κ1) is 11.7. The lowest BCUT2D eigenvalue weighted by atomic mass is 10.1. The van der Waals surface area contributed by atoms with Gasteiger partial charge in [-0.05, 0) is 34.1 Å². The average molecular weight is 292 g/mol. The van der Waals surface area contributed by atoms with Gasteiger partial charge in [-0.1, -0.05) is 0 Å². The van der Waals surface area contributed by atoms with Crippen molar-refractivity contribution in [3.63, 3.8) is 0 Å². The van der Waals surface area contributed by atoms with Crippen molar-refractivity contribution in [1.29, 1.82) is 5.26 Å². The zero-order chi connectivity index (χ0) is 12.4. The SMILES string of the molecule is COc1ccc(C#N)c(-c2c(Br)cnn2C)c1. The van der Waals surface area contributed by atoms with Gasteiger partial charge in [-0.3, -0.25) is 4.68 Å². The summed E-state index contributed by atoms with van der Waals surface area (Å²) in [4.78, 5) is 0. The second-order valence-electron chi connectivity index (χ2n) is 3.49. The Bertz CT molecular complexity index is 579. The van der Waals surface area contributed by atoms with Crippen molar-refractivity contribution in [2.75, 3.05) is 7.11 Å². The number of hydrogen-bond donors (Lipinski definition) is 0. The number of aromatic nitrogens is 2. The van der Waals surface area contributed by atoms with Crippen LogP contribution in [-0.4, -0.2) is 16.9 Å². The molecule has 0 aliphatic carbocycles. The summed E-state index contributed by atoms with van der Waals surface area (Å²) in [5.74, 6) is 0.715. The molecule has 17 heavy (non-hydrogen) atoms. The molecule has 0 saturated heterocycles. The van der Waals surface area contributed by atoms with Gasteiger partial charge in [0, 0.05) is 12.6 Å². The highest BCUT2D eigenvalue weighted by molar-refractivity contribution is 9.10. The lowest BCUT2D eigenvalue weighted by molar-refractivity contribution is 0.415. The minimum Gasteiger partial charge on any atom is -0.497 e. The lowest BCUT2D eigenvalue weighted by Crippen LogP contribution is -1.96. The van der Waals surface area contributed by atoms with Crippen LogP contribution >= 0.6 is 15.9 Å². The Kier molecular flexibility index (Phi) is 3.16. The van der Waals surface area contributed by atoms with Gasteiger partial charge in [0.1, 0.15) is 5.75 Å². The van der Waals surface area contributed by atoms with Crippen LogP contribution in [0.1, 0.15) is 5.56 Å². The third kappa shape index (κ3) is 2.04. The molecule has 0 bridgehead atoms. The van der Waals surface area contributed by atoms with Crippen molar-refractivity contribution < 1.29 is 4.74 Å². The molecular formula is C12H10BrN3O. The predicted octanol–water partition coefficient (Wildman–Crippen LogP) is 2.73. The fraction of sp³-hybridized carbons (Fsp3) is 0.167. The molecule has 2 aromatic rings. The molecule has 2 rings (SSSR count). The molecule has 0 spiro atoms. The Balaban J connectivity index is 2.69. The van der Waals surface area contributed by atoms with Crippen LogP contribution in [0.4, 0.5) is 0 Å². The maximum Gasteiger partial charge on any atom is 0.119 e. The van der Waals surface area contributed by atoms with Gasteiger partial charge in [0.05, 0.1) is 35.1 Å². The topological polar surface area (TPSA) is 50.8 Å². The number of nitrogens with zero attached hydrogens (tertiary/aromatic N) is 3. The van der Waals surface area contributed by atoms with Gasteiger partial charge in [-0.25, -0.2) is 0 Å². The number of ether oxygens (including phenoxy) is 1. The largest absolute Gasteiger partial charge is 0.497 e. The predicted molar refractivity (Wildman–Crippen MR) is 67.6 cm³/mol. The molecular weight excluding hydrogens is 282 g/mol. The van der Waals surface area contributed by atoms with E-state index in [9.17, 15) is 0 Å². The highest BCUT2D eigenvalue weighted by atomic mass is 79.9. The van der Waals surface area contributed by atoms with Crippen LogP contribution in [-0.2, 0) is 7.05 Å². The van der Waals surface area contributed by atoms with Gasteiger partial charge in [-0.15, -0.1) is 0 Å². The molecule has 0 radical (unpaired) electrons. The number of halogens is 1. The summed E-state index contributed by atoms with van der Waals surface area (Å²) < 4.78 is 7.75. The van der Waals surface area contributed by atoms with Gasteiger partial charge >= 0.3 is 0 Å². The first-order chi connectivity index (χ1) is 8.17. The fourth-order valence-electron chi connectivity index (χ4n) is 1.66. The van der Waals surface area contributed by atoms with E-state index >= 15 is 0 Å². The van der Waals surface area contributed by atoms with E-state index in [0.717, 1.165) is 15.7 Å². The van der Waals surface area contributed by atoms with Gasteiger partial charge < -0.3 is 4.74 Å². The first-order valence-electron chi connectivity index (χ1n) is 4.93. The highest BCUT2D eigenvalue weighted by Crippen LogP contribution is 2.32.